The lowest BCUT2D eigenvalue weighted by Crippen LogP contribution is -2.19. The quantitative estimate of drug-likeness (QED) is 0.709. The molecule has 3 rings (SSSR count). The van der Waals surface area contributed by atoms with Gasteiger partial charge in [-0.1, -0.05) is 29.0 Å². The SMILES string of the molecule is COc1ccc(Cl)cc1NC(=O)Nc1nc2c(OC)cccc2s1. The fourth-order valence-corrected chi connectivity index (χ4v) is 3.22. The summed E-state index contributed by atoms with van der Waals surface area (Å²) in [5.41, 5.74) is 1.18. The Morgan fingerprint density at radius 3 is 2.67 bits per heavy atom. The van der Waals surface area contributed by atoms with E-state index in [1.54, 1.807) is 25.3 Å². The van der Waals surface area contributed by atoms with Gasteiger partial charge in [-0.25, -0.2) is 9.78 Å². The second-order valence-electron chi connectivity index (χ2n) is 4.75. The molecule has 0 atom stereocenters. The van der Waals surface area contributed by atoms with E-state index in [1.165, 1.54) is 18.4 Å². The summed E-state index contributed by atoms with van der Waals surface area (Å²) in [4.78, 5) is 16.6. The summed E-state index contributed by atoms with van der Waals surface area (Å²) in [6.07, 6.45) is 0. The van der Waals surface area contributed by atoms with E-state index in [9.17, 15) is 4.79 Å². The molecule has 2 amide bonds. The fourth-order valence-electron chi connectivity index (χ4n) is 2.17. The second-order valence-corrected chi connectivity index (χ2v) is 6.22. The number of carbonyl (C=O) groups is 1. The van der Waals surface area contributed by atoms with E-state index < -0.39 is 6.03 Å². The molecule has 0 unspecified atom stereocenters. The average molecular weight is 364 g/mol. The summed E-state index contributed by atoms with van der Waals surface area (Å²) in [6.45, 7) is 0. The summed E-state index contributed by atoms with van der Waals surface area (Å²) in [5, 5.41) is 6.37. The van der Waals surface area contributed by atoms with Crippen LogP contribution < -0.4 is 20.1 Å². The van der Waals surface area contributed by atoms with Crippen molar-refractivity contribution in [1.82, 2.24) is 4.98 Å². The number of nitrogens with one attached hydrogen (secondary N) is 2. The lowest BCUT2D eigenvalue weighted by Gasteiger charge is -2.10. The minimum atomic E-state index is -0.436. The lowest BCUT2D eigenvalue weighted by atomic mass is 10.3. The third-order valence-corrected chi connectivity index (χ3v) is 4.40. The van der Waals surface area contributed by atoms with Crippen molar-refractivity contribution >= 4 is 50.0 Å². The number of carbonyl (C=O) groups excluding carboxylic acids is 1. The van der Waals surface area contributed by atoms with Crippen molar-refractivity contribution in [2.24, 2.45) is 0 Å². The molecule has 0 fully saturated rings. The average Bonchev–Trinajstić information content (AvgIpc) is 2.97. The normalized spacial score (nSPS) is 10.5. The first-order valence-electron chi connectivity index (χ1n) is 6.96. The number of aromatic nitrogens is 1. The molecule has 124 valence electrons. The van der Waals surface area contributed by atoms with Crippen molar-refractivity contribution in [3.63, 3.8) is 0 Å². The van der Waals surface area contributed by atoms with E-state index >= 15 is 0 Å². The number of ether oxygens (including phenoxy) is 2. The van der Waals surface area contributed by atoms with Crippen LogP contribution in [0.1, 0.15) is 0 Å². The number of anilines is 2. The van der Waals surface area contributed by atoms with E-state index in [4.69, 9.17) is 21.1 Å². The Bertz CT molecular complexity index is 897. The molecule has 2 aromatic carbocycles. The standard InChI is InChI=1S/C16H14ClN3O3S/c1-22-11-7-6-9(17)8-10(11)18-15(21)20-16-19-14-12(23-2)4-3-5-13(14)24-16/h3-8H,1-2H3,(H2,18,19,20,21). The number of thiazole rings is 1. The third-order valence-electron chi connectivity index (χ3n) is 3.23. The van der Waals surface area contributed by atoms with Gasteiger partial charge in [0, 0.05) is 5.02 Å². The van der Waals surface area contributed by atoms with Gasteiger partial charge in [0.25, 0.3) is 0 Å². The van der Waals surface area contributed by atoms with Crippen LogP contribution in [0.4, 0.5) is 15.6 Å². The van der Waals surface area contributed by atoms with E-state index in [-0.39, 0.29) is 0 Å². The Morgan fingerprint density at radius 2 is 1.92 bits per heavy atom. The Hall–Kier alpha value is -2.51. The Kier molecular flexibility index (Phi) is 4.73. The van der Waals surface area contributed by atoms with Crippen molar-refractivity contribution in [3.05, 3.63) is 41.4 Å². The van der Waals surface area contributed by atoms with Gasteiger partial charge in [0.05, 0.1) is 24.6 Å². The molecule has 0 spiro atoms. The number of methoxy groups -OCH3 is 2. The maximum absolute atomic E-state index is 12.2. The van der Waals surface area contributed by atoms with E-state index in [1.807, 2.05) is 18.2 Å². The molecule has 3 aromatic rings. The van der Waals surface area contributed by atoms with Crippen LogP contribution in [-0.2, 0) is 0 Å². The minimum absolute atomic E-state index is 0.436. The first-order chi connectivity index (χ1) is 11.6. The zero-order valence-corrected chi connectivity index (χ0v) is 14.5. The number of nitrogens with zero attached hydrogens (tertiary/aromatic N) is 1. The van der Waals surface area contributed by atoms with Gasteiger partial charge in [0.1, 0.15) is 17.0 Å². The van der Waals surface area contributed by atoms with Crippen LogP contribution in [0.2, 0.25) is 5.02 Å². The molecule has 0 aliphatic carbocycles. The summed E-state index contributed by atoms with van der Waals surface area (Å²) < 4.78 is 11.4. The summed E-state index contributed by atoms with van der Waals surface area (Å²) in [5.74, 6) is 1.18. The predicted molar refractivity (Wildman–Crippen MR) is 96.8 cm³/mol. The number of hydrogen-bond donors (Lipinski definition) is 2. The largest absolute Gasteiger partial charge is 0.495 e. The van der Waals surface area contributed by atoms with Gasteiger partial charge in [-0.05, 0) is 30.3 Å². The molecule has 6 nitrogen and oxygen atoms in total. The lowest BCUT2D eigenvalue weighted by molar-refractivity contribution is 0.262. The first kappa shape index (κ1) is 16.4. The molecule has 0 saturated carbocycles. The van der Waals surface area contributed by atoms with Crippen molar-refractivity contribution in [1.29, 1.82) is 0 Å². The molecular formula is C16H14ClN3O3S. The second kappa shape index (κ2) is 6.94. The molecule has 0 aliphatic heterocycles. The predicted octanol–water partition coefficient (Wildman–Crippen LogP) is 4.61. The maximum atomic E-state index is 12.2. The highest BCUT2D eigenvalue weighted by molar-refractivity contribution is 7.22. The van der Waals surface area contributed by atoms with E-state index in [0.717, 1.165) is 4.70 Å². The minimum Gasteiger partial charge on any atom is -0.495 e. The van der Waals surface area contributed by atoms with Crippen LogP contribution in [0.15, 0.2) is 36.4 Å². The van der Waals surface area contributed by atoms with Gasteiger partial charge in [0.15, 0.2) is 5.13 Å². The molecule has 0 bridgehead atoms. The van der Waals surface area contributed by atoms with Crippen LogP contribution in [0.3, 0.4) is 0 Å². The number of benzene rings is 2. The number of hydrogen-bond acceptors (Lipinski definition) is 5. The zero-order chi connectivity index (χ0) is 17.1. The van der Waals surface area contributed by atoms with Crippen LogP contribution in [0.5, 0.6) is 11.5 Å². The summed E-state index contributed by atoms with van der Waals surface area (Å²) in [6, 6.07) is 10.2. The zero-order valence-electron chi connectivity index (χ0n) is 12.9. The molecule has 1 aromatic heterocycles. The Balaban J connectivity index is 1.79. The summed E-state index contributed by atoms with van der Waals surface area (Å²) in [7, 11) is 3.10. The van der Waals surface area contributed by atoms with Crippen molar-refractivity contribution in [3.8, 4) is 11.5 Å². The number of para-hydroxylation sites is 1. The van der Waals surface area contributed by atoms with Crippen LogP contribution in [0, 0.1) is 0 Å². The Labute approximate surface area is 147 Å². The van der Waals surface area contributed by atoms with Gasteiger partial charge in [-0.2, -0.15) is 0 Å². The van der Waals surface area contributed by atoms with Gasteiger partial charge >= 0.3 is 6.03 Å². The maximum Gasteiger partial charge on any atom is 0.325 e. The van der Waals surface area contributed by atoms with Crippen molar-refractivity contribution in [2.75, 3.05) is 24.9 Å². The molecule has 1 heterocycles. The smallest absolute Gasteiger partial charge is 0.325 e. The molecule has 0 saturated heterocycles. The van der Waals surface area contributed by atoms with Crippen molar-refractivity contribution in [2.45, 2.75) is 0 Å². The van der Waals surface area contributed by atoms with Gasteiger partial charge in [-0.15, -0.1) is 0 Å². The number of fused-ring (bicyclic) bond motifs is 1. The highest BCUT2D eigenvalue weighted by atomic mass is 35.5. The van der Waals surface area contributed by atoms with Gasteiger partial charge in [0.2, 0.25) is 0 Å². The highest BCUT2D eigenvalue weighted by Crippen LogP contribution is 2.32. The molecule has 24 heavy (non-hydrogen) atoms. The molecule has 0 radical (unpaired) electrons. The Morgan fingerprint density at radius 1 is 1.12 bits per heavy atom. The number of halogens is 1. The summed E-state index contributed by atoms with van der Waals surface area (Å²) >= 11 is 7.31. The van der Waals surface area contributed by atoms with Crippen LogP contribution >= 0.6 is 22.9 Å². The van der Waals surface area contributed by atoms with Crippen LogP contribution in [0.25, 0.3) is 10.2 Å². The number of urea groups is 1. The number of amides is 2. The van der Waals surface area contributed by atoms with Crippen LogP contribution in [-0.4, -0.2) is 25.2 Å². The fraction of sp³-hybridized carbons (Fsp3) is 0.125. The molecule has 2 N–H and O–H groups in total. The molecule has 8 heteroatoms. The first-order valence-corrected chi connectivity index (χ1v) is 8.15. The molecular weight excluding hydrogens is 350 g/mol. The van der Waals surface area contributed by atoms with E-state index in [0.29, 0.717) is 32.9 Å². The van der Waals surface area contributed by atoms with Gasteiger partial charge < -0.3 is 14.8 Å². The number of rotatable bonds is 4. The monoisotopic (exact) mass is 363 g/mol. The van der Waals surface area contributed by atoms with Crippen molar-refractivity contribution < 1.29 is 14.3 Å². The topological polar surface area (TPSA) is 72.5 Å². The highest BCUT2D eigenvalue weighted by Gasteiger charge is 2.12. The van der Waals surface area contributed by atoms with Gasteiger partial charge in [-0.3, -0.25) is 5.32 Å². The van der Waals surface area contributed by atoms with E-state index in [2.05, 4.69) is 15.6 Å². The third kappa shape index (κ3) is 3.37. The molecule has 0 aliphatic rings.